The van der Waals surface area contributed by atoms with Gasteiger partial charge >= 0.3 is 0 Å². The van der Waals surface area contributed by atoms with Crippen molar-refractivity contribution in [1.29, 1.82) is 0 Å². The molecule has 0 unspecified atom stereocenters. The van der Waals surface area contributed by atoms with Crippen molar-refractivity contribution in [2.75, 3.05) is 25.6 Å². The van der Waals surface area contributed by atoms with Crippen molar-refractivity contribution in [3.8, 4) is 11.5 Å². The predicted molar refractivity (Wildman–Crippen MR) is 136 cm³/mol. The van der Waals surface area contributed by atoms with Crippen LogP contribution in [-0.4, -0.2) is 41.3 Å². The number of ether oxygens (including phenoxy) is 2. The summed E-state index contributed by atoms with van der Waals surface area (Å²) in [5.41, 5.74) is 1.46. The molecule has 0 aliphatic carbocycles. The van der Waals surface area contributed by atoms with Crippen LogP contribution in [0.1, 0.15) is 25.3 Å². The number of unbranched alkanes of at least 4 members (excludes halogenated alkanes) is 1. The first-order chi connectivity index (χ1) is 15.4. The quantitative estimate of drug-likeness (QED) is 0.339. The van der Waals surface area contributed by atoms with Crippen LogP contribution in [0.2, 0.25) is 0 Å². The van der Waals surface area contributed by atoms with Crippen LogP contribution in [0.15, 0.2) is 51.8 Å². The van der Waals surface area contributed by atoms with Crippen molar-refractivity contribution >= 4 is 67.8 Å². The molecule has 0 spiro atoms. The Morgan fingerprint density at radius 1 is 1.22 bits per heavy atom. The number of carbonyl (C=O) groups excluding carboxylic acids is 2. The highest BCUT2D eigenvalue weighted by atomic mass is 79.9. The molecule has 0 radical (unpaired) electrons. The Balaban J connectivity index is 1.65. The van der Waals surface area contributed by atoms with Gasteiger partial charge in [0.1, 0.15) is 4.32 Å². The van der Waals surface area contributed by atoms with Crippen LogP contribution in [0.25, 0.3) is 6.08 Å². The number of nitrogens with zero attached hydrogens (tertiary/aromatic N) is 1. The lowest BCUT2D eigenvalue weighted by molar-refractivity contribution is -0.122. The summed E-state index contributed by atoms with van der Waals surface area (Å²) in [4.78, 5) is 27.1. The van der Waals surface area contributed by atoms with E-state index in [4.69, 9.17) is 21.7 Å². The van der Waals surface area contributed by atoms with Crippen molar-refractivity contribution in [3.05, 3.63) is 57.4 Å². The van der Waals surface area contributed by atoms with Crippen molar-refractivity contribution in [2.24, 2.45) is 0 Å². The molecule has 0 saturated carbocycles. The van der Waals surface area contributed by atoms with Crippen molar-refractivity contribution in [3.63, 3.8) is 0 Å². The SMILES string of the molecule is CCCCN1C(=O)/C(=C/c2ccc(OCC(=O)Nc3ccc(Br)cc3)c(OC)c2)SC1=S. The highest BCUT2D eigenvalue weighted by molar-refractivity contribution is 9.10. The largest absolute Gasteiger partial charge is 0.493 e. The standard InChI is InChI=1S/C23H23BrN2O4S2/c1-3-4-11-26-22(28)20(32-23(26)31)13-15-5-10-18(19(12-15)29-2)30-14-21(27)25-17-8-6-16(24)7-9-17/h5-10,12-13H,3-4,11,14H2,1-2H3,(H,25,27)/b20-13-. The van der Waals surface area contributed by atoms with Gasteiger partial charge in [0, 0.05) is 16.7 Å². The number of thiocarbonyl (C=S) groups is 1. The zero-order valence-electron chi connectivity index (χ0n) is 17.7. The average Bonchev–Trinajstić information content (AvgIpc) is 3.05. The Bertz CT molecular complexity index is 1040. The number of carbonyl (C=O) groups is 2. The number of benzene rings is 2. The second-order valence-corrected chi connectivity index (χ2v) is 9.53. The maximum atomic E-state index is 12.6. The van der Waals surface area contributed by atoms with E-state index in [0.29, 0.717) is 33.0 Å². The Morgan fingerprint density at radius 3 is 2.66 bits per heavy atom. The minimum Gasteiger partial charge on any atom is -0.493 e. The van der Waals surface area contributed by atoms with Gasteiger partial charge in [0.15, 0.2) is 18.1 Å². The molecule has 1 fully saturated rings. The van der Waals surface area contributed by atoms with Crippen molar-refractivity contribution in [1.82, 2.24) is 4.90 Å². The van der Waals surface area contributed by atoms with Crippen LogP contribution in [0.5, 0.6) is 11.5 Å². The van der Waals surface area contributed by atoms with Gasteiger partial charge in [0.05, 0.1) is 12.0 Å². The molecule has 168 valence electrons. The van der Waals surface area contributed by atoms with Crippen LogP contribution >= 0.6 is 39.9 Å². The molecule has 32 heavy (non-hydrogen) atoms. The van der Waals surface area contributed by atoms with Crippen LogP contribution in [0, 0.1) is 0 Å². The fraction of sp³-hybridized carbons (Fsp3) is 0.261. The molecule has 2 aromatic carbocycles. The number of thioether (sulfide) groups is 1. The fourth-order valence-electron chi connectivity index (χ4n) is 2.93. The first kappa shape index (κ1) is 24.3. The molecule has 1 aliphatic heterocycles. The molecule has 0 bridgehead atoms. The molecule has 9 heteroatoms. The highest BCUT2D eigenvalue weighted by Crippen LogP contribution is 2.35. The second-order valence-electron chi connectivity index (χ2n) is 6.94. The third-order valence-corrected chi connectivity index (χ3v) is 6.49. The molecular formula is C23H23BrN2O4S2. The molecule has 1 saturated heterocycles. The van der Waals surface area contributed by atoms with E-state index in [9.17, 15) is 9.59 Å². The fourth-order valence-corrected chi connectivity index (χ4v) is 4.50. The van der Waals surface area contributed by atoms with E-state index in [2.05, 4.69) is 28.2 Å². The minimum absolute atomic E-state index is 0.0719. The van der Waals surface area contributed by atoms with Gasteiger partial charge in [-0.15, -0.1) is 0 Å². The number of nitrogens with one attached hydrogen (secondary N) is 1. The van der Waals surface area contributed by atoms with Gasteiger partial charge in [-0.2, -0.15) is 0 Å². The van der Waals surface area contributed by atoms with Crippen molar-refractivity contribution < 1.29 is 19.1 Å². The van der Waals surface area contributed by atoms with E-state index >= 15 is 0 Å². The number of hydrogen-bond acceptors (Lipinski definition) is 6. The summed E-state index contributed by atoms with van der Waals surface area (Å²) >= 11 is 10.0. The molecule has 2 amide bonds. The summed E-state index contributed by atoms with van der Waals surface area (Å²) in [5, 5.41) is 2.77. The average molecular weight is 535 g/mol. The lowest BCUT2D eigenvalue weighted by Crippen LogP contribution is -2.28. The normalized spacial score (nSPS) is 14.7. The smallest absolute Gasteiger partial charge is 0.266 e. The van der Waals surface area contributed by atoms with Gasteiger partial charge in [-0.05, 0) is 54.5 Å². The zero-order chi connectivity index (χ0) is 23.1. The summed E-state index contributed by atoms with van der Waals surface area (Å²) in [6.45, 7) is 2.55. The Labute approximate surface area is 205 Å². The maximum Gasteiger partial charge on any atom is 0.266 e. The Kier molecular flexibility index (Phi) is 8.72. The van der Waals surface area contributed by atoms with E-state index in [1.807, 2.05) is 18.2 Å². The molecule has 2 aromatic rings. The monoisotopic (exact) mass is 534 g/mol. The molecule has 0 aromatic heterocycles. The van der Waals surface area contributed by atoms with Crippen molar-refractivity contribution in [2.45, 2.75) is 19.8 Å². The second kappa shape index (κ2) is 11.5. The molecule has 6 nitrogen and oxygen atoms in total. The third kappa shape index (κ3) is 6.34. The Hall–Kier alpha value is -2.36. The van der Waals surface area contributed by atoms with Crippen LogP contribution in [0.4, 0.5) is 5.69 Å². The number of hydrogen-bond donors (Lipinski definition) is 1. The van der Waals surface area contributed by atoms with E-state index in [1.54, 1.807) is 35.2 Å². The van der Waals surface area contributed by atoms with E-state index in [0.717, 1.165) is 22.9 Å². The number of rotatable bonds is 9. The predicted octanol–water partition coefficient (Wildman–Crippen LogP) is 5.48. The van der Waals surface area contributed by atoms with E-state index in [-0.39, 0.29) is 18.4 Å². The first-order valence-electron chi connectivity index (χ1n) is 10.0. The minimum atomic E-state index is -0.283. The van der Waals surface area contributed by atoms with E-state index in [1.165, 1.54) is 18.9 Å². The molecule has 1 N–H and O–H groups in total. The maximum absolute atomic E-state index is 12.6. The molecule has 0 atom stereocenters. The highest BCUT2D eigenvalue weighted by Gasteiger charge is 2.31. The summed E-state index contributed by atoms with van der Waals surface area (Å²) in [6.07, 6.45) is 3.70. The van der Waals surface area contributed by atoms with Gasteiger partial charge < -0.3 is 14.8 Å². The lowest BCUT2D eigenvalue weighted by atomic mass is 10.2. The zero-order valence-corrected chi connectivity index (χ0v) is 20.9. The van der Waals surface area contributed by atoms with Gasteiger partial charge in [0.2, 0.25) is 0 Å². The van der Waals surface area contributed by atoms with E-state index < -0.39 is 0 Å². The van der Waals surface area contributed by atoms with Crippen LogP contribution in [0.3, 0.4) is 0 Å². The van der Waals surface area contributed by atoms with Gasteiger partial charge in [-0.1, -0.05) is 59.3 Å². The Morgan fingerprint density at radius 2 is 1.97 bits per heavy atom. The first-order valence-corrected chi connectivity index (χ1v) is 12.0. The number of anilines is 1. The number of amides is 2. The van der Waals surface area contributed by atoms with Gasteiger partial charge in [0.25, 0.3) is 11.8 Å². The molecule has 3 rings (SSSR count). The lowest BCUT2D eigenvalue weighted by Gasteiger charge is -2.13. The molecule has 1 aliphatic rings. The third-order valence-electron chi connectivity index (χ3n) is 4.58. The summed E-state index contributed by atoms with van der Waals surface area (Å²) in [5.74, 6) is 0.550. The van der Waals surface area contributed by atoms with Gasteiger partial charge in [-0.3, -0.25) is 14.5 Å². The number of halogens is 1. The van der Waals surface area contributed by atoms with Crippen LogP contribution < -0.4 is 14.8 Å². The summed E-state index contributed by atoms with van der Waals surface area (Å²) in [6, 6.07) is 12.6. The van der Waals surface area contributed by atoms with Crippen LogP contribution in [-0.2, 0) is 9.59 Å². The summed E-state index contributed by atoms with van der Waals surface area (Å²) < 4.78 is 12.6. The topological polar surface area (TPSA) is 67.9 Å². The summed E-state index contributed by atoms with van der Waals surface area (Å²) in [7, 11) is 1.53. The molecule has 1 heterocycles. The van der Waals surface area contributed by atoms with Gasteiger partial charge in [-0.25, -0.2) is 0 Å². The molecular weight excluding hydrogens is 512 g/mol. The number of methoxy groups -OCH3 is 1.